The van der Waals surface area contributed by atoms with Gasteiger partial charge in [-0.25, -0.2) is 4.79 Å². The number of benzene rings is 2. The summed E-state index contributed by atoms with van der Waals surface area (Å²) in [4.78, 5) is 12.0. The van der Waals surface area contributed by atoms with Crippen molar-refractivity contribution in [3.05, 3.63) is 69.7 Å². The van der Waals surface area contributed by atoms with Gasteiger partial charge in [0, 0.05) is 10.6 Å². The molecule has 4 heteroatoms. The van der Waals surface area contributed by atoms with Gasteiger partial charge in [-0.2, -0.15) is 0 Å². The SMILES string of the molecule is CC(=Cc1ccc(Cl)cc1)C(=O)Oc1ccccc1Cl. The van der Waals surface area contributed by atoms with E-state index in [9.17, 15) is 4.79 Å². The van der Waals surface area contributed by atoms with E-state index in [1.807, 2.05) is 12.1 Å². The van der Waals surface area contributed by atoms with Crippen LogP contribution in [0.3, 0.4) is 0 Å². The monoisotopic (exact) mass is 306 g/mol. The molecule has 0 aliphatic rings. The largest absolute Gasteiger partial charge is 0.422 e. The number of para-hydroxylation sites is 1. The number of esters is 1. The zero-order chi connectivity index (χ0) is 14.5. The average molecular weight is 307 g/mol. The minimum absolute atomic E-state index is 0.350. The highest BCUT2D eigenvalue weighted by Crippen LogP contribution is 2.24. The first-order valence-corrected chi connectivity index (χ1v) is 6.72. The summed E-state index contributed by atoms with van der Waals surface area (Å²) in [5.41, 5.74) is 1.36. The second-order valence-electron chi connectivity index (χ2n) is 4.20. The first-order valence-electron chi connectivity index (χ1n) is 5.97. The van der Waals surface area contributed by atoms with Gasteiger partial charge in [0.2, 0.25) is 0 Å². The van der Waals surface area contributed by atoms with Gasteiger partial charge >= 0.3 is 5.97 Å². The van der Waals surface area contributed by atoms with E-state index in [1.165, 1.54) is 0 Å². The number of ether oxygens (including phenoxy) is 1. The van der Waals surface area contributed by atoms with Gasteiger partial charge in [-0.1, -0.05) is 47.5 Å². The van der Waals surface area contributed by atoms with Crippen LogP contribution < -0.4 is 4.74 Å². The predicted octanol–water partition coefficient (Wildman–Crippen LogP) is 5.00. The van der Waals surface area contributed by atoms with Crippen molar-refractivity contribution < 1.29 is 9.53 Å². The minimum Gasteiger partial charge on any atom is -0.422 e. The van der Waals surface area contributed by atoms with Gasteiger partial charge in [0.25, 0.3) is 0 Å². The Morgan fingerprint density at radius 3 is 2.35 bits per heavy atom. The Balaban J connectivity index is 2.13. The highest BCUT2D eigenvalue weighted by atomic mass is 35.5. The molecule has 2 aromatic rings. The van der Waals surface area contributed by atoms with Crippen molar-refractivity contribution >= 4 is 35.2 Å². The molecule has 0 aliphatic carbocycles. The molecule has 2 nitrogen and oxygen atoms in total. The Kier molecular flexibility index (Phi) is 4.83. The van der Waals surface area contributed by atoms with Gasteiger partial charge in [-0.05, 0) is 42.8 Å². The third-order valence-electron chi connectivity index (χ3n) is 2.61. The summed E-state index contributed by atoms with van der Waals surface area (Å²) < 4.78 is 5.24. The van der Waals surface area contributed by atoms with Gasteiger partial charge in [-0.3, -0.25) is 0 Å². The van der Waals surface area contributed by atoms with Gasteiger partial charge in [0.15, 0.2) is 0 Å². The molecule has 0 fully saturated rings. The molecule has 2 aromatic carbocycles. The van der Waals surface area contributed by atoms with Gasteiger partial charge in [0.1, 0.15) is 5.75 Å². The molecule has 0 saturated carbocycles. The fraction of sp³-hybridized carbons (Fsp3) is 0.0625. The van der Waals surface area contributed by atoms with E-state index in [0.29, 0.717) is 21.4 Å². The molecule has 0 amide bonds. The summed E-state index contributed by atoms with van der Waals surface area (Å²) in [6, 6.07) is 14.0. The molecular formula is C16H12Cl2O2. The van der Waals surface area contributed by atoms with Crippen LogP contribution in [0.25, 0.3) is 6.08 Å². The van der Waals surface area contributed by atoms with Crippen LogP contribution in [0.15, 0.2) is 54.1 Å². The molecule has 0 saturated heterocycles. The van der Waals surface area contributed by atoms with Crippen molar-refractivity contribution in [3.63, 3.8) is 0 Å². The van der Waals surface area contributed by atoms with Gasteiger partial charge in [0.05, 0.1) is 5.02 Å². The summed E-state index contributed by atoms with van der Waals surface area (Å²) in [6.45, 7) is 1.69. The fourth-order valence-electron chi connectivity index (χ4n) is 1.58. The van der Waals surface area contributed by atoms with E-state index in [2.05, 4.69) is 0 Å². The molecule has 0 aliphatic heterocycles. The predicted molar refractivity (Wildman–Crippen MR) is 82.2 cm³/mol. The molecule has 0 radical (unpaired) electrons. The Morgan fingerprint density at radius 2 is 1.70 bits per heavy atom. The van der Waals surface area contributed by atoms with Crippen LogP contribution in [-0.4, -0.2) is 5.97 Å². The first-order chi connectivity index (χ1) is 9.56. The number of halogens is 2. The Hall–Kier alpha value is -1.77. The molecule has 0 N–H and O–H groups in total. The number of hydrogen-bond acceptors (Lipinski definition) is 2. The zero-order valence-electron chi connectivity index (χ0n) is 10.8. The van der Waals surface area contributed by atoms with E-state index in [0.717, 1.165) is 5.56 Å². The molecule has 20 heavy (non-hydrogen) atoms. The Bertz CT molecular complexity index is 646. The van der Waals surface area contributed by atoms with Crippen molar-refractivity contribution in [1.29, 1.82) is 0 Å². The van der Waals surface area contributed by atoms with Crippen LogP contribution in [0.2, 0.25) is 10.0 Å². The maximum absolute atomic E-state index is 12.0. The highest BCUT2D eigenvalue weighted by molar-refractivity contribution is 6.32. The van der Waals surface area contributed by atoms with Crippen molar-refractivity contribution in [2.45, 2.75) is 6.92 Å². The zero-order valence-corrected chi connectivity index (χ0v) is 12.3. The fourth-order valence-corrected chi connectivity index (χ4v) is 1.88. The average Bonchev–Trinajstić information content (AvgIpc) is 2.44. The van der Waals surface area contributed by atoms with E-state index in [1.54, 1.807) is 49.4 Å². The smallest absolute Gasteiger partial charge is 0.339 e. The van der Waals surface area contributed by atoms with E-state index < -0.39 is 5.97 Å². The third kappa shape index (κ3) is 3.86. The van der Waals surface area contributed by atoms with Crippen LogP contribution >= 0.6 is 23.2 Å². The molecular weight excluding hydrogens is 295 g/mol. The molecule has 0 heterocycles. The molecule has 0 unspecified atom stereocenters. The summed E-state index contributed by atoms with van der Waals surface area (Å²) >= 11 is 11.7. The number of rotatable bonds is 3. The van der Waals surface area contributed by atoms with E-state index in [-0.39, 0.29) is 0 Å². The van der Waals surface area contributed by atoms with Crippen LogP contribution in [0.1, 0.15) is 12.5 Å². The number of carbonyl (C=O) groups is 1. The van der Waals surface area contributed by atoms with E-state index >= 15 is 0 Å². The first kappa shape index (κ1) is 14.6. The normalized spacial score (nSPS) is 11.2. The Morgan fingerprint density at radius 1 is 1.05 bits per heavy atom. The quantitative estimate of drug-likeness (QED) is 0.453. The molecule has 0 atom stereocenters. The van der Waals surface area contributed by atoms with E-state index in [4.69, 9.17) is 27.9 Å². The summed E-state index contributed by atoms with van der Waals surface area (Å²) in [5.74, 6) is -0.0870. The maximum Gasteiger partial charge on any atom is 0.339 e. The Labute approximate surface area is 127 Å². The van der Waals surface area contributed by atoms with Crippen LogP contribution in [0, 0.1) is 0 Å². The lowest BCUT2D eigenvalue weighted by atomic mass is 10.1. The van der Waals surface area contributed by atoms with Crippen LogP contribution in [-0.2, 0) is 4.79 Å². The summed E-state index contributed by atoms with van der Waals surface area (Å²) in [7, 11) is 0. The lowest BCUT2D eigenvalue weighted by molar-refractivity contribution is -0.130. The lowest BCUT2D eigenvalue weighted by Crippen LogP contribution is -2.09. The second kappa shape index (κ2) is 6.60. The van der Waals surface area contributed by atoms with Crippen molar-refractivity contribution in [1.82, 2.24) is 0 Å². The van der Waals surface area contributed by atoms with Crippen LogP contribution in [0.5, 0.6) is 5.75 Å². The molecule has 102 valence electrons. The van der Waals surface area contributed by atoms with Crippen LogP contribution in [0.4, 0.5) is 0 Å². The molecule has 0 aromatic heterocycles. The lowest BCUT2D eigenvalue weighted by Gasteiger charge is -2.06. The highest BCUT2D eigenvalue weighted by Gasteiger charge is 2.09. The minimum atomic E-state index is -0.437. The number of carbonyl (C=O) groups excluding carboxylic acids is 1. The topological polar surface area (TPSA) is 26.3 Å². The standard InChI is InChI=1S/C16H12Cl2O2/c1-11(10-12-6-8-13(17)9-7-12)16(19)20-15-5-3-2-4-14(15)18/h2-10H,1H3. The molecule has 0 spiro atoms. The summed E-state index contributed by atoms with van der Waals surface area (Å²) in [6.07, 6.45) is 1.73. The summed E-state index contributed by atoms with van der Waals surface area (Å²) in [5, 5.41) is 1.05. The van der Waals surface area contributed by atoms with Crippen molar-refractivity contribution in [2.75, 3.05) is 0 Å². The molecule has 0 bridgehead atoms. The number of hydrogen-bond donors (Lipinski definition) is 0. The van der Waals surface area contributed by atoms with Crippen molar-refractivity contribution in [2.24, 2.45) is 0 Å². The van der Waals surface area contributed by atoms with Gasteiger partial charge in [-0.15, -0.1) is 0 Å². The van der Waals surface area contributed by atoms with Gasteiger partial charge < -0.3 is 4.74 Å². The van der Waals surface area contributed by atoms with Crippen molar-refractivity contribution in [3.8, 4) is 5.75 Å². The second-order valence-corrected chi connectivity index (χ2v) is 5.04. The maximum atomic E-state index is 12.0. The molecule has 2 rings (SSSR count). The third-order valence-corrected chi connectivity index (χ3v) is 3.18.